The van der Waals surface area contributed by atoms with Crippen LogP contribution in [0.3, 0.4) is 0 Å². The Morgan fingerprint density at radius 3 is 1.93 bits per heavy atom. The fourth-order valence-electron chi connectivity index (χ4n) is 5.02. The summed E-state index contributed by atoms with van der Waals surface area (Å²) in [6.45, 7) is 2.62. The van der Waals surface area contributed by atoms with Gasteiger partial charge in [-0.25, -0.2) is 14.4 Å². The van der Waals surface area contributed by atoms with E-state index in [0.29, 0.717) is 92.9 Å². The Labute approximate surface area is 271 Å². The Morgan fingerprint density at radius 2 is 1.44 bits per heavy atom. The number of aromatic nitrogens is 4. The Hall–Kier alpha value is -3.90. The molecule has 0 saturated carbocycles. The molecular formula is C32H34Cl2FN7O3. The number of ether oxygens (including phenoxy) is 2. The molecule has 0 radical (unpaired) electrons. The molecule has 0 bridgehead atoms. The number of nitrogens with one attached hydrogen (secondary N) is 3. The largest absolute Gasteiger partial charge is 0.480 e. The van der Waals surface area contributed by atoms with Gasteiger partial charge in [0.05, 0.1) is 48.0 Å². The number of nitrogens with zero attached hydrogens (tertiary/aromatic N) is 4. The molecule has 1 amide bonds. The van der Waals surface area contributed by atoms with E-state index in [1.807, 2.05) is 36.4 Å². The topological polar surface area (TPSA) is 123 Å². The zero-order valence-corrected chi connectivity index (χ0v) is 26.7. The zero-order valence-electron chi connectivity index (χ0n) is 25.2. The predicted octanol–water partition coefficient (Wildman–Crippen LogP) is 5.41. The SMILES string of the molecule is COc1nc(-c2cccc(-c3cccc(-c4cnc(CNC(C)CF)c(OC)n4)c3Cl)c2Cl)cnc1CNC[C@@H]1CCC(=O)N1. The van der Waals surface area contributed by atoms with Crippen LogP contribution in [0.15, 0.2) is 48.8 Å². The molecule has 1 unspecified atom stereocenters. The molecule has 3 N–H and O–H groups in total. The third-order valence-corrected chi connectivity index (χ3v) is 8.28. The van der Waals surface area contributed by atoms with Gasteiger partial charge in [0.25, 0.3) is 0 Å². The van der Waals surface area contributed by atoms with E-state index in [-0.39, 0.29) is 18.0 Å². The van der Waals surface area contributed by atoms with E-state index < -0.39 is 6.67 Å². The van der Waals surface area contributed by atoms with E-state index in [2.05, 4.69) is 30.9 Å². The van der Waals surface area contributed by atoms with Crippen LogP contribution in [0.4, 0.5) is 4.39 Å². The first-order valence-corrected chi connectivity index (χ1v) is 15.3. The van der Waals surface area contributed by atoms with Crippen molar-refractivity contribution in [2.75, 3.05) is 27.4 Å². The van der Waals surface area contributed by atoms with Gasteiger partial charge in [0, 0.05) is 60.4 Å². The summed E-state index contributed by atoms with van der Waals surface area (Å²) in [6.07, 6.45) is 4.64. The average Bonchev–Trinajstić information content (AvgIpc) is 3.48. The number of hydrogen-bond acceptors (Lipinski definition) is 9. The first-order chi connectivity index (χ1) is 21.8. The number of methoxy groups -OCH3 is 2. The van der Waals surface area contributed by atoms with Gasteiger partial charge in [-0.15, -0.1) is 0 Å². The number of alkyl halides is 1. The van der Waals surface area contributed by atoms with Crippen molar-refractivity contribution in [1.82, 2.24) is 35.9 Å². The van der Waals surface area contributed by atoms with Crippen molar-refractivity contribution in [3.8, 4) is 45.4 Å². The number of benzene rings is 2. The van der Waals surface area contributed by atoms with Crippen molar-refractivity contribution in [2.24, 2.45) is 0 Å². The molecule has 2 aromatic heterocycles. The molecule has 1 fully saturated rings. The number of hydrogen-bond donors (Lipinski definition) is 3. The summed E-state index contributed by atoms with van der Waals surface area (Å²) in [5.74, 6) is 0.778. The highest BCUT2D eigenvalue weighted by Gasteiger charge is 2.21. The van der Waals surface area contributed by atoms with Crippen molar-refractivity contribution in [2.45, 2.75) is 44.9 Å². The summed E-state index contributed by atoms with van der Waals surface area (Å²) in [5, 5.41) is 10.2. The van der Waals surface area contributed by atoms with E-state index >= 15 is 0 Å². The molecule has 2 aromatic carbocycles. The third kappa shape index (κ3) is 7.50. The van der Waals surface area contributed by atoms with Gasteiger partial charge < -0.3 is 25.4 Å². The van der Waals surface area contributed by atoms with Crippen LogP contribution < -0.4 is 25.4 Å². The van der Waals surface area contributed by atoms with Gasteiger partial charge in [-0.3, -0.25) is 14.8 Å². The third-order valence-electron chi connectivity index (χ3n) is 7.47. The van der Waals surface area contributed by atoms with Crippen molar-refractivity contribution >= 4 is 29.1 Å². The lowest BCUT2D eigenvalue weighted by atomic mass is 9.98. The van der Waals surface area contributed by atoms with Gasteiger partial charge in [0.15, 0.2) is 0 Å². The lowest BCUT2D eigenvalue weighted by molar-refractivity contribution is -0.119. The van der Waals surface area contributed by atoms with Crippen molar-refractivity contribution < 1.29 is 18.7 Å². The lowest BCUT2D eigenvalue weighted by Crippen LogP contribution is -2.35. The van der Waals surface area contributed by atoms with Crippen LogP contribution >= 0.6 is 23.2 Å². The molecule has 1 saturated heterocycles. The van der Waals surface area contributed by atoms with Gasteiger partial charge in [-0.2, -0.15) is 0 Å². The molecule has 13 heteroatoms. The zero-order chi connectivity index (χ0) is 31.9. The minimum atomic E-state index is -0.494. The molecule has 2 atom stereocenters. The second-order valence-corrected chi connectivity index (χ2v) is 11.4. The van der Waals surface area contributed by atoms with Crippen molar-refractivity contribution in [3.05, 3.63) is 70.2 Å². The summed E-state index contributed by atoms with van der Waals surface area (Å²) in [5.41, 5.74) is 4.97. The Bertz CT molecular complexity index is 1680. The van der Waals surface area contributed by atoms with E-state index in [1.165, 1.54) is 7.11 Å². The normalized spacial score (nSPS) is 15.2. The summed E-state index contributed by atoms with van der Waals surface area (Å²) < 4.78 is 23.9. The fraction of sp³-hybridized carbons (Fsp3) is 0.344. The van der Waals surface area contributed by atoms with E-state index in [9.17, 15) is 9.18 Å². The number of carbonyl (C=O) groups excluding carboxylic acids is 1. The molecule has 3 heterocycles. The average molecular weight is 655 g/mol. The molecule has 0 aliphatic carbocycles. The minimum absolute atomic E-state index is 0.0773. The summed E-state index contributed by atoms with van der Waals surface area (Å²) in [4.78, 5) is 29.9. The van der Waals surface area contributed by atoms with Crippen LogP contribution in [0.5, 0.6) is 11.8 Å². The van der Waals surface area contributed by atoms with E-state index in [1.54, 1.807) is 26.4 Å². The maximum Gasteiger partial charge on any atom is 0.237 e. The summed E-state index contributed by atoms with van der Waals surface area (Å²) in [6, 6.07) is 11.0. The van der Waals surface area contributed by atoms with Gasteiger partial charge in [0.2, 0.25) is 17.7 Å². The van der Waals surface area contributed by atoms with Crippen LogP contribution in [0, 0.1) is 0 Å². The maximum absolute atomic E-state index is 12.9. The molecule has 4 aromatic rings. The monoisotopic (exact) mass is 653 g/mol. The highest BCUT2D eigenvalue weighted by molar-refractivity contribution is 6.39. The molecule has 236 valence electrons. The first kappa shape index (κ1) is 32.5. The number of carbonyl (C=O) groups is 1. The van der Waals surface area contributed by atoms with E-state index in [4.69, 9.17) is 37.7 Å². The molecule has 10 nitrogen and oxygen atoms in total. The van der Waals surface area contributed by atoms with Crippen LogP contribution in [0.1, 0.15) is 31.2 Å². The van der Waals surface area contributed by atoms with Crippen LogP contribution in [-0.2, 0) is 17.9 Å². The van der Waals surface area contributed by atoms with Gasteiger partial charge in [-0.05, 0) is 13.3 Å². The van der Waals surface area contributed by atoms with Crippen molar-refractivity contribution in [3.63, 3.8) is 0 Å². The fourth-order valence-corrected chi connectivity index (χ4v) is 5.67. The van der Waals surface area contributed by atoms with Gasteiger partial charge in [-0.1, -0.05) is 59.6 Å². The second-order valence-electron chi connectivity index (χ2n) is 10.6. The van der Waals surface area contributed by atoms with E-state index in [0.717, 1.165) is 6.42 Å². The van der Waals surface area contributed by atoms with Crippen LogP contribution in [0.2, 0.25) is 10.0 Å². The summed E-state index contributed by atoms with van der Waals surface area (Å²) >= 11 is 14.0. The molecular weight excluding hydrogens is 620 g/mol. The lowest BCUT2D eigenvalue weighted by Gasteiger charge is -2.15. The van der Waals surface area contributed by atoms with Gasteiger partial charge in [0.1, 0.15) is 18.1 Å². The molecule has 45 heavy (non-hydrogen) atoms. The highest BCUT2D eigenvalue weighted by Crippen LogP contribution is 2.42. The molecule has 1 aliphatic rings. The minimum Gasteiger partial charge on any atom is -0.480 e. The quantitative estimate of drug-likeness (QED) is 0.174. The summed E-state index contributed by atoms with van der Waals surface area (Å²) in [7, 11) is 3.06. The number of rotatable bonds is 13. The maximum atomic E-state index is 12.9. The first-order valence-electron chi connectivity index (χ1n) is 14.5. The molecule has 5 rings (SSSR count). The molecule has 1 aliphatic heterocycles. The Balaban J connectivity index is 1.40. The second kappa shape index (κ2) is 14.9. The molecule has 0 spiro atoms. The van der Waals surface area contributed by atoms with Crippen molar-refractivity contribution in [1.29, 1.82) is 0 Å². The Morgan fingerprint density at radius 1 is 0.911 bits per heavy atom. The smallest absolute Gasteiger partial charge is 0.237 e. The Kier molecular flexibility index (Phi) is 10.8. The van der Waals surface area contributed by atoms with Crippen LogP contribution in [0.25, 0.3) is 33.6 Å². The number of halogens is 3. The highest BCUT2D eigenvalue weighted by atomic mass is 35.5. The van der Waals surface area contributed by atoms with Gasteiger partial charge >= 0.3 is 0 Å². The standard InChI is InChI=1S/C32H34Cl2FN7O3/c1-18(12-35)37-17-27-32(45-3)42-25(16-39-27)23-9-5-7-21(30(23)34)20-6-4-8-22(29(20)33)24-15-38-26(31(41-24)44-2)14-36-13-19-10-11-28(43)40-19/h4-9,15-16,18-19,36-37H,10-14,17H2,1-3H3,(H,40,43)/t18?,19-/m0/s1. The predicted molar refractivity (Wildman–Crippen MR) is 172 cm³/mol. The number of amides is 1. The van der Waals surface area contributed by atoms with Crippen LogP contribution in [-0.4, -0.2) is 65.4 Å².